The lowest BCUT2D eigenvalue weighted by atomic mass is 10.1. The Hall–Kier alpha value is 0.610. The molecule has 1 nitrogen and oxygen atoms in total. The van der Waals surface area contributed by atoms with Gasteiger partial charge in [0.15, 0.2) is 0 Å². The summed E-state index contributed by atoms with van der Waals surface area (Å²) >= 11 is 18.2. The van der Waals surface area contributed by atoms with Gasteiger partial charge in [0.1, 0.15) is 4.34 Å². The fourth-order valence-electron chi connectivity index (χ4n) is 1.69. The summed E-state index contributed by atoms with van der Waals surface area (Å²) in [5.74, 6) is 0. The maximum Gasteiger partial charge on any atom is 0.107 e. The van der Waals surface area contributed by atoms with Crippen LogP contribution in [0.2, 0.25) is 4.34 Å². The van der Waals surface area contributed by atoms with Crippen molar-refractivity contribution < 1.29 is 0 Å². The summed E-state index contributed by atoms with van der Waals surface area (Å²) in [5, 5.41) is 3.32. The molecule has 1 atom stereocenters. The number of rotatable bonds is 3. The highest BCUT2D eigenvalue weighted by atomic mass is 79.9. The van der Waals surface area contributed by atoms with Gasteiger partial charge < -0.3 is 5.32 Å². The highest BCUT2D eigenvalue weighted by molar-refractivity contribution is 9.11. The predicted octanol–water partition coefficient (Wildman–Crippen LogP) is 6.00. The van der Waals surface area contributed by atoms with Crippen LogP contribution in [-0.2, 0) is 0 Å². The van der Waals surface area contributed by atoms with Crippen molar-refractivity contribution in [1.82, 2.24) is 5.32 Å². The molecule has 1 N–H and O–H groups in total. The molecule has 0 amide bonds. The van der Waals surface area contributed by atoms with Gasteiger partial charge in [0.25, 0.3) is 0 Å². The Balaban J connectivity index is 2.48. The first-order chi connectivity index (χ1) is 8.52. The molecule has 0 aliphatic heterocycles. The molecule has 0 spiro atoms. The van der Waals surface area contributed by atoms with Gasteiger partial charge in [0.05, 0.1) is 6.04 Å². The van der Waals surface area contributed by atoms with E-state index in [0.29, 0.717) is 0 Å². The highest BCUT2D eigenvalue weighted by Gasteiger charge is 2.18. The van der Waals surface area contributed by atoms with Crippen LogP contribution in [0.25, 0.3) is 0 Å². The predicted molar refractivity (Wildman–Crippen MR) is 89.8 cm³/mol. The van der Waals surface area contributed by atoms with E-state index in [1.54, 1.807) is 11.3 Å². The number of thiophene rings is 1. The van der Waals surface area contributed by atoms with Crippen LogP contribution in [0, 0.1) is 0 Å². The third-order valence-electron chi connectivity index (χ3n) is 2.51. The Bertz CT molecular complexity index is 551. The fourth-order valence-corrected chi connectivity index (χ4v) is 4.41. The molecule has 0 saturated heterocycles. The van der Waals surface area contributed by atoms with Crippen molar-refractivity contribution in [3.8, 4) is 0 Å². The van der Waals surface area contributed by atoms with Crippen molar-refractivity contribution >= 4 is 70.7 Å². The molecule has 0 aliphatic carbocycles. The summed E-state index contributed by atoms with van der Waals surface area (Å²) in [6, 6.07) is 8.32. The molecule has 0 bridgehead atoms. The Morgan fingerprint density at radius 2 is 1.89 bits per heavy atom. The number of nitrogens with one attached hydrogen (secondary N) is 1. The SMILES string of the molecule is CNC(c1cc(Br)c(Cl)s1)c1cc(Br)ccc1Br. The largest absolute Gasteiger partial charge is 0.309 e. The van der Waals surface area contributed by atoms with Crippen molar-refractivity contribution in [2.75, 3.05) is 7.05 Å². The van der Waals surface area contributed by atoms with Gasteiger partial charge in [-0.2, -0.15) is 0 Å². The van der Waals surface area contributed by atoms with Gasteiger partial charge in [0, 0.05) is 18.3 Å². The summed E-state index contributed by atoms with van der Waals surface area (Å²) < 4.78 is 3.85. The van der Waals surface area contributed by atoms with E-state index in [0.717, 1.165) is 17.8 Å². The van der Waals surface area contributed by atoms with Crippen molar-refractivity contribution in [2.24, 2.45) is 0 Å². The number of benzene rings is 1. The van der Waals surface area contributed by atoms with Crippen LogP contribution in [0.3, 0.4) is 0 Å². The van der Waals surface area contributed by atoms with E-state index in [2.05, 4.69) is 65.2 Å². The minimum absolute atomic E-state index is 0.116. The standard InChI is InChI=1S/C12H9Br3ClNS/c1-17-11(10-5-9(15)12(16)18-10)7-4-6(13)2-3-8(7)14/h2-5,11,17H,1H3. The third kappa shape index (κ3) is 3.19. The molecule has 1 heterocycles. The van der Waals surface area contributed by atoms with Crippen LogP contribution in [0.1, 0.15) is 16.5 Å². The van der Waals surface area contributed by atoms with Crippen molar-refractivity contribution in [3.05, 3.63) is 52.5 Å². The summed E-state index contributed by atoms with van der Waals surface area (Å²) in [6.45, 7) is 0. The molecule has 1 unspecified atom stereocenters. The molecule has 6 heteroatoms. The lowest BCUT2D eigenvalue weighted by Crippen LogP contribution is -2.17. The van der Waals surface area contributed by atoms with Gasteiger partial charge in [-0.15, -0.1) is 11.3 Å². The molecule has 1 aromatic carbocycles. The molecule has 18 heavy (non-hydrogen) atoms. The molecular formula is C12H9Br3ClNS. The van der Waals surface area contributed by atoms with Crippen LogP contribution in [0.5, 0.6) is 0 Å². The van der Waals surface area contributed by atoms with Gasteiger partial charge in [-0.05, 0) is 52.8 Å². The number of hydrogen-bond donors (Lipinski definition) is 1. The second kappa shape index (κ2) is 6.37. The zero-order valence-electron chi connectivity index (χ0n) is 9.31. The number of halogens is 4. The van der Waals surface area contributed by atoms with E-state index in [4.69, 9.17) is 11.6 Å². The Labute approximate surface area is 140 Å². The monoisotopic (exact) mass is 471 g/mol. The van der Waals surface area contributed by atoms with Crippen LogP contribution in [0.15, 0.2) is 37.7 Å². The zero-order chi connectivity index (χ0) is 13.3. The number of hydrogen-bond acceptors (Lipinski definition) is 2. The summed E-state index contributed by atoms with van der Waals surface area (Å²) in [5.41, 5.74) is 1.18. The maximum atomic E-state index is 6.11. The first kappa shape index (κ1) is 15.0. The van der Waals surface area contributed by atoms with Crippen molar-refractivity contribution in [2.45, 2.75) is 6.04 Å². The van der Waals surface area contributed by atoms with Gasteiger partial charge in [-0.25, -0.2) is 0 Å². The Morgan fingerprint density at radius 1 is 1.17 bits per heavy atom. The average molecular weight is 474 g/mol. The molecule has 0 aliphatic rings. The third-order valence-corrected chi connectivity index (χ3v) is 6.26. The van der Waals surface area contributed by atoms with E-state index >= 15 is 0 Å². The highest BCUT2D eigenvalue weighted by Crippen LogP contribution is 2.39. The van der Waals surface area contributed by atoms with Crippen LogP contribution in [-0.4, -0.2) is 7.05 Å². The van der Waals surface area contributed by atoms with Crippen LogP contribution >= 0.6 is 70.7 Å². The molecule has 0 fully saturated rings. The van der Waals surface area contributed by atoms with E-state index < -0.39 is 0 Å². The van der Waals surface area contributed by atoms with Gasteiger partial charge in [-0.1, -0.05) is 43.5 Å². The zero-order valence-corrected chi connectivity index (χ0v) is 15.6. The summed E-state index contributed by atoms with van der Waals surface area (Å²) in [6.07, 6.45) is 0. The van der Waals surface area contributed by atoms with Gasteiger partial charge in [-0.3, -0.25) is 0 Å². The lowest BCUT2D eigenvalue weighted by Gasteiger charge is -2.17. The van der Waals surface area contributed by atoms with Gasteiger partial charge in [0.2, 0.25) is 0 Å². The van der Waals surface area contributed by atoms with E-state index in [9.17, 15) is 0 Å². The van der Waals surface area contributed by atoms with Crippen molar-refractivity contribution in [3.63, 3.8) is 0 Å². The molecule has 0 saturated carbocycles. The van der Waals surface area contributed by atoms with Gasteiger partial charge >= 0.3 is 0 Å². The van der Waals surface area contributed by atoms with Crippen LogP contribution in [0.4, 0.5) is 0 Å². The summed E-state index contributed by atoms with van der Waals surface area (Å²) in [4.78, 5) is 1.17. The minimum atomic E-state index is 0.116. The van der Waals surface area contributed by atoms with Crippen LogP contribution < -0.4 is 5.32 Å². The normalized spacial score (nSPS) is 12.7. The van der Waals surface area contributed by atoms with E-state index in [-0.39, 0.29) is 6.04 Å². The van der Waals surface area contributed by atoms with E-state index in [1.165, 1.54) is 10.4 Å². The molecule has 1 aromatic heterocycles. The second-order valence-electron chi connectivity index (χ2n) is 3.66. The smallest absolute Gasteiger partial charge is 0.107 e. The lowest BCUT2D eigenvalue weighted by molar-refractivity contribution is 0.700. The average Bonchev–Trinajstić information content (AvgIpc) is 2.65. The fraction of sp³-hybridized carbons (Fsp3) is 0.167. The van der Waals surface area contributed by atoms with E-state index in [1.807, 2.05) is 19.2 Å². The molecule has 2 rings (SSSR count). The second-order valence-corrected chi connectivity index (χ2v) is 7.97. The topological polar surface area (TPSA) is 12.0 Å². The first-order valence-electron chi connectivity index (χ1n) is 5.10. The minimum Gasteiger partial charge on any atom is -0.309 e. The molecular weight excluding hydrogens is 465 g/mol. The molecule has 2 aromatic rings. The van der Waals surface area contributed by atoms with Crippen molar-refractivity contribution in [1.29, 1.82) is 0 Å². The molecule has 0 radical (unpaired) electrons. The first-order valence-corrected chi connectivity index (χ1v) is 8.67. The quantitative estimate of drug-likeness (QED) is 0.576. The Kier molecular flexibility index (Phi) is 5.31. The Morgan fingerprint density at radius 3 is 2.44 bits per heavy atom. The molecule has 96 valence electrons. The maximum absolute atomic E-state index is 6.11. The summed E-state index contributed by atoms with van der Waals surface area (Å²) in [7, 11) is 1.94.